The van der Waals surface area contributed by atoms with Crippen LogP contribution in [0.4, 0.5) is 0 Å². The molecule has 0 fully saturated rings. The highest BCUT2D eigenvalue weighted by atomic mass is 35.5. The zero-order valence-corrected chi connectivity index (χ0v) is 16.9. The number of carbonyl (C=O) groups excluding carboxylic acids is 1. The Kier molecular flexibility index (Phi) is 7.33. The van der Waals surface area contributed by atoms with E-state index in [0.717, 1.165) is 6.42 Å². The Labute approximate surface area is 172 Å². The number of nitrogens with one attached hydrogen (secondary N) is 1. The van der Waals surface area contributed by atoms with Gasteiger partial charge in [-0.3, -0.25) is 4.79 Å². The molecule has 1 amide bonds. The molecule has 1 N–H and O–H groups in total. The van der Waals surface area contributed by atoms with Crippen LogP contribution in [-0.2, 0) is 17.8 Å². The molecule has 3 rings (SSSR count). The molecule has 0 atom stereocenters. The first-order valence-electron chi connectivity index (χ1n) is 8.75. The third-order valence-corrected chi connectivity index (χ3v) is 5.07. The molecule has 0 saturated carbocycles. The number of hydrogen-bond donors (Lipinski definition) is 1. The van der Waals surface area contributed by atoms with E-state index >= 15 is 0 Å². The van der Waals surface area contributed by atoms with E-state index in [-0.39, 0.29) is 18.3 Å². The molecule has 1 aromatic heterocycles. The number of aromatic nitrogens is 2. The average Bonchev–Trinajstić information content (AvgIpc) is 3.15. The van der Waals surface area contributed by atoms with Gasteiger partial charge >= 0.3 is 0 Å². The van der Waals surface area contributed by atoms with Crippen LogP contribution in [0.3, 0.4) is 0 Å². The minimum atomic E-state index is -0.0781. The SMILES string of the molecule is Cc1ccccc1CCNC(=O)CSc1nnc(COc2ccccc2Cl)o1. The van der Waals surface area contributed by atoms with Crippen LogP contribution in [-0.4, -0.2) is 28.4 Å². The Hall–Kier alpha value is -2.51. The molecule has 0 spiro atoms. The number of benzene rings is 2. The Morgan fingerprint density at radius 1 is 1.18 bits per heavy atom. The predicted molar refractivity (Wildman–Crippen MR) is 109 cm³/mol. The zero-order valence-electron chi connectivity index (χ0n) is 15.4. The molecule has 0 unspecified atom stereocenters. The maximum absolute atomic E-state index is 12.0. The van der Waals surface area contributed by atoms with Gasteiger partial charge in [0.2, 0.25) is 5.91 Å². The molecular weight excluding hydrogens is 398 g/mol. The van der Waals surface area contributed by atoms with Crippen molar-refractivity contribution < 1.29 is 13.9 Å². The fourth-order valence-electron chi connectivity index (χ4n) is 2.46. The van der Waals surface area contributed by atoms with Crippen molar-refractivity contribution in [3.63, 3.8) is 0 Å². The second kappa shape index (κ2) is 10.1. The Morgan fingerprint density at radius 3 is 2.79 bits per heavy atom. The average molecular weight is 418 g/mol. The van der Waals surface area contributed by atoms with Gasteiger partial charge in [0, 0.05) is 6.54 Å². The molecule has 0 saturated heterocycles. The van der Waals surface area contributed by atoms with Crippen LogP contribution in [0.1, 0.15) is 17.0 Å². The predicted octanol–water partition coefficient (Wildman–Crippen LogP) is 4.06. The number of ether oxygens (including phenoxy) is 1. The van der Waals surface area contributed by atoms with Gasteiger partial charge in [-0.15, -0.1) is 10.2 Å². The fourth-order valence-corrected chi connectivity index (χ4v) is 3.26. The number of carbonyl (C=O) groups is 1. The molecule has 0 aliphatic heterocycles. The van der Waals surface area contributed by atoms with Gasteiger partial charge in [0.05, 0.1) is 10.8 Å². The molecule has 0 bridgehead atoms. The summed E-state index contributed by atoms with van der Waals surface area (Å²) in [5.74, 6) is 0.999. The smallest absolute Gasteiger partial charge is 0.277 e. The molecule has 0 aliphatic carbocycles. The normalized spacial score (nSPS) is 10.6. The third kappa shape index (κ3) is 6.00. The van der Waals surface area contributed by atoms with Gasteiger partial charge in [0.1, 0.15) is 5.75 Å². The Balaban J connectivity index is 1.38. The van der Waals surface area contributed by atoms with Gasteiger partial charge in [-0.05, 0) is 36.6 Å². The van der Waals surface area contributed by atoms with Crippen molar-refractivity contribution in [2.24, 2.45) is 0 Å². The molecule has 146 valence electrons. The van der Waals surface area contributed by atoms with Gasteiger partial charge in [0.15, 0.2) is 6.61 Å². The monoisotopic (exact) mass is 417 g/mol. The highest BCUT2D eigenvalue weighted by Gasteiger charge is 2.11. The van der Waals surface area contributed by atoms with Crippen molar-refractivity contribution in [3.05, 3.63) is 70.6 Å². The number of rotatable bonds is 9. The van der Waals surface area contributed by atoms with Crippen LogP contribution in [0.15, 0.2) is 58.2 Å². The molecule has 28 heavy (non-hydrogen) atoms. The van der Waals surface area contributed by atoms with Crippen molar-refractivity contribution in [2.45, 2.75) is 25.2 Å². The van der Waals surface area contributed by atoms with E-state index in [9.17, 15) is 4.79 Å². The lowest BCUT2D eigenvalue weighted by molar-refractivity contribution is -0.118. The molecule has 3 aromatic rings. The van der Waals surface area contributed by atoms with E-state index in [1.165, 1.54) is 22.9 Å². The van der Waals surface area contributed by atoms with Crippen molar-refractivity contribution >= 4 is 29.3 Å². The van der Waals surface area contributed by atoms with Gasteiger partial charge in [-0.25, -0.2) is 0 Å². The van der Waals surface area contributed by atoms with Crippen LogP contribution in [0.25, 0.3) is 0 Å². The van der Waals surface area contributed by atoms with Crippen LogP contribution in [0.2, 0.25) is 5.02 Å². The van der Waals surface area contributed by atoms with E-state index in [1.807, 2.05) is 24.3 Å². The number of para-hydroxylation sites is 1. The molecule has 1 heterocycles. The second-order valence-electron chi connectivity index (χ2n) is 6.00. The number of nitrogens with zero attached hydrogens (tertiary/aromatic N) is 2. The van der Waals surface area contributed by atoms with Crippen molar-refractivity contribution in [1.29, 1.82) is 0 Å². The number of hydrogen-bond acceptors (Lipinski definition) is 6. The number of aryl methyl sites for hydroxylation is 1. The summed E-state index contributed by atoms with van der Waals surface area (Å²) in [7, 11) is 0. The van der Waals surface area contributed by atoms with E-state index in [4.69, 9.17) is 20.8 Å². The summed E-state index contributed by atoms with van der Waals surface area (Å²) in [6.45, 7) is 2.76. The largest absolute Gasteiger partial charge is 0.482 e. The molecule has 0 radical (unpaired) electrons. The summed E-state index contributed by atoms with van der Waals surface area (Å²) in [6.07, 6.45) is 0.799. The van der Waals surface area contributed by atoms with Crippen molar-refractivity contribution in [1.82, 2.24) is 15.5 Å². The lowest BCUT2D eigenvalue weighted by Gasteiger charge is -2.06. The van der Waals surface area contributed by atoms with Crippen LogP contribution >= 0.6 is 23.4 Å². The summed E-state index contributed by atoms with van der Waals surface area (Å²) in [6, 6.07) is 15.3. The van der Waals surface area contributed by atoms with Gasteiger partial charge in [-0.1, -0.05) is 59.8 Å². The quantitative estimate of drug-likeness (QED) is 0.529. The Bertz CT molecular complexity index is 932. The van der Waals surface area contributed by atoms with Crippen LogP contribution < -0.4 is 10.1 Å². The molecular formula is C20H20ClN3O3S. The van der Waals surface area contributed by atoms with E-state index in [1.54, 1.807) is 12.1 Å². The highest BCUT2D eigenvalue weighted by Crippen LogP contribution is 2.24. The molecule has 2 aromatic carbocycles. The first-order valence-corrected chi connectivity index (χ1v) is 10.1. The molecule has 6 nitrogen and oxygen atoms in total. The number of amides is 1. The third-order valence-electron chi connectivity index (χ3n) is 3.94. The topological polar surface area (TPSA) is 77.2 Å². The zero-order chi connectivity index (χ0) is 19.8. The number of halogens is 1. The summed E-state index contributed by atoms with van der Waals surface area (Å²) in [5.41, 5.74) is 2.46. The summed E-state index contributed by atoms with van der Waals surface area (Å²) < 4.78 is 11.0. The van der Waals surface area contributed by atoms with Gasteiger partial charge in [-0.2, -0.15) is 0 Å². The fraction of sp³-hybridized carbons (Fsp3) is 0.250. The van der Waals surface area contributed by atoms with Gasteiger partial charge in [0.25, 0.3) is 11.1 Å². The summed E-state index contributed by atoms with van der Waals surface area (Å²) in [4.78, 5) is 12.0. The van der Waals surface area contributed by atoms with E-state index in [2.05, 4.69) is 34.6 Å². The maximum atomic E-state index is 12.0. The molecule has 8 heteroatoms. The summed E-state index contributed by atoms with van der Waals surface area (Å²) >= 11 is 7.22. The van der Waals surface area contributed by atoms with E-state index in [0.29, 0.717) is 28.4 Å². The lowest BCUT2D eigenvalue weighted by atomic mass is 10.1. The first-order chi connectivity index (χ1) is 13.6. The Morgan fingerprint density at radius 2 is 1.96 bits per heavy atom. The van der Waals surface area contributed by atoms with Crippen LogP contribution in [0, 0.1) is 6.92 Å². The minimum absolute atomic E-state index is 0.0781. The van der Waals surface area contributed by atoms with Crippen LogP contribution in [0.5, 0.6) is 5.75 Å². The van der Waals surface area contributed by atoms with Crippen molar-refractivity contribution in [3.8, 4) is 5.75 Å². The lowest BCUT2D eigenvalue weighted by Crippen LogP contribution is -2.27. The minimum Gasteiger partial charge on any atom is -0.482 e. The first kappa shape index (κ1) is 20.2. The maximum Gasteiger partial charge on any atom is 0.277 e. The molecule has 0 aliphatic rings. The van der Waals surface area contributed by atoms with Gasteiger partial charge < -0.3 is 14.5 Å². The highest BCUT2D eigenvalue weighted by molar-refractivity contribution is 7.99. The second-order valence-corrected chi connectivity index (χ2v) is 7.33. The van der Waals surface area contributed by atoms with Crippen molar-refractivity contribution in [2.75, 3.05) is 12.3 Å². The number of thioether (sulfide) groups is 1. The standard InChI is InChI=1S/C20H20ClN3O3S/c1-14-6-2-3-7-15(14)10-11-22-18(25)13-28-20-24-23-19(27-20)12-26-17-9-5-4-8-16(17)21/h2-9H,10-13H2,1H3,(H,22,25). The summed E-state index contributed by atoms with van der Waals surface area (Å²) in [5, 5.41) is 11.6. The van der Waals surface area contributed by atoms with E-state index < -0.39 is 0 Å².